The molecule has 1 nitrogen and oxygen atoms in total. The van der Waals surface area contributed by atoms with Crippen molar-refractivity contribution in [3.05, 3.63) is 34.9 Å². The van der Waals surface area contributed by atoms with E-state index in [-0.39, 0.29) is 11.5 Å². The van der Waals surface area contributed by atoms with Gasteiger partial charge in [-0.2, -0.15) is 0 Å². The second-order valence-corrected chi connectivity index (χ2v) is 3.41. The molecule has 0 bridgehead atoms. The van der Waals surface area contributed by atoms with Crippen molar-refractivity contribution in [3.8, 4) is 0 Å². The lowest BCUT2D eigenvalue weighted by molar-refractivity contribution is 0.493. The number of halogens is 2. The van der Waals surface area contributed by atoms with Gasteiger partial charge in [0, 0.05) is 18.8 Å². The van der Waals surface area contributed by atoms with Crippen molar-refractivity contribution < 1.29 is 8.78 Å². The fraction of sp³-hybridized carbons (Fsp3) is 0.364. The summed E-state index contributed by atoms with van der Waals surface area (Å²) in [4.78, 5) is 3.65. The molecule has 76 valence electrons. The first-order valence-corrected chi connectivity index (χ1v) is 4.48. The van der Waals surface area contributed by atoms with Gasteiger partial charge in [0.25, 0.3) is 0 Å². The predicted molar refractivity (Wildman–Crippen MR) is 54.0 cm³/mol. The highest BCUT2D eigenvalue weighted by Crippen LogP contribution is 2.22. The van der Waals surface area contributed by atoms with Crippen LogP contribution in [0.1, 0.15) is 30.9 Å². The van der Waals surface area contributed by atoms with E-state index in [0.717, 1.165) is 0 Å². The SMILES string of the molecule is C/N=C/c1ccc(C(C)C)c(F)c1F. The first-order valence-electron chi connectivity index (χ1n) is 4.48. The van der Waals surface area contributed by atoms with Crippen LogP contribution in [0.3, 0.4) is 0 Å². The lowest BCUT2D eigenvalue weighted by Crippen LogP contribution is -2.00. The Bertz CT molecular complexity index is 357. The van der Waals surface area contributed by atoms with E-state index in [4.69, 9.17) is 0 Å². The molecular weight excluding hydrogens is 184 g/mol. The molecule has 0 unspecified atom stereocenters. The van der Waals surface area contributed by atoms with Crippen molar-refractivity contribution >= 4 is 6.21 Å². The van der Waals surface area contributed by atoms with Crippen molar-refractivity contribution in [1.82, 2.24) is 0 Å². The van der Waals surface area contributed by atoms with Crippen LogP contribution in [0.5, 0.6) is 0 Å². The van der Waals surface area contributed by atoms with Crippen LogP contribution in [-0.4, -0.2) is 13.3 Å². The molecule has 0 saturated heterocycles. The van der Waals surface area contributed by atoms with Crippen molar-refractivity contribution in [2.75, 3.05) is 7.05 Å². The molecule has 0 aliphatic rings. The molecule has 0 radical (unpaired) electrons. The van der Waals surface area contributed by atoms with E-state index in [1.54, 1.807) is 12.1 Å². The molecule has 1 rings (SSSR count). The monoisotopic (exact) mass is 197 g/mol. The Morgan fingerprint density at radius 3 is 2.36 bits per heavy atom. The fourth-order valence-electron chi connectivity index (χ4n) is 1.26. The highest BCUT2D eigenvalue weighted by molar-refractivity contribution is 5.80. The first-order chi connectivity index (χ1) is 6.57. The molecule has 1 aromatic carbocycles. The third kappa shape index (κ3) is 1.97. The van der Waals surface area contributed by atoms with Crippen LogP contribution in [-0.2, 0) is 0 Å². The normalized spacial score (nSPS) is 11.6. The topological polar surface area (TPSA) is 12.4 Å². The number of nitrogens with zero attached hydrogens (tertiary/aromatic N) is 1. The van der Waals surface area contributed by atoms with Gasteiger partial charge in [-0.25, -0.2) is 8.78 Å². The molecule has 3 heteroatoms. The number of hydrogen-bond acceptors (Lipinski definition) is 1. The molecule has 0 saturated carbocycles. The number of benzene rings is 1. The van der Waals surface area contributed by atoms with Gasteiger partial charge in [-0.05, 0) is 11.5 Å². The van der Waals surface area contributed by atoms with Gasteiger partial charge in [0.1, 0.15) is 0 Å². The maximum absolute atomic E-state index is 13.4. The predicted octanol–water partition coefficient (Wildman–Crippen LogP) is 3.14. The summed E-state index contributed by atoms with van der Waals surface area (Å²) in [6.07, 6.45) is 1.31. The highest BCUT2D eigenvalue weighted by atomic mass is 19.2. The number of aliphatic imine (C=N–C) groups is 1. The Hall–Kier alpha value is -1.25. The second-order valence-electron chi connectivity index (χ2n) is 3.41. The van der Waals surface area contributed by atoms with Crippen molar-refractivity contribution in [2.24, 2.45) is 4.99 Å². The van der Waals surface area contributed by atoms with E-state index in [1.165, 1.54) is 13.3 Å². The van der Waals surface area contributed by atoms with Crippen LogP contribution < -0.4 is 0 Å². The standard InChI is InChI=1S/C11H13F2N/c1-7(2)9-5-4-8(6-14-3)10(12)11(9)13/h4-7H,1-3H3/b14-6+. The second kappa shape index (κ2) is 4.31. The highest BCUT2D eigenvalue weighted by Gasteiger charge is 2.13. The maximum atomic E-state index is 13.4. The van der Waals surface area contributed by atoms with Gasteiger partial charge in [-0.15, -0.1) is 0 Å². The van der Waals surface area contributed by atoms with E-state index in [9.17, 15) is 8.78 Å². The summed E-state index contributed by atoms with van der Waals surface area (Å²) >= 11 is 0. The first kappa shape index (κ1) is 10.8. The van der Waals surface area contributed by atoms with Crippen molar-refractivity contribution in [2.45, 2.75) is 19.8 Å². The van der Waals surface area contributed by atoms with E-state index in [0.29, 0.717) is 5.56 Å². The van der Waals surface area contributed by atoms with E-state index in [1.807, 2.05) is 13.8 Å². The van der Waals surface area contributed by atoms with Crippen LogP contribution in [0.2, 0.25) is 0 Å². The Morgan fingerprint density at radius 2 is 1.86 bits per heavy atom. The molecule has 0 amide bonds. The van der Waals surface area contributed by atoms with Crippen LogP contribution >= 0.6 is 0 Å². The Balaban J connectivity index is 3.26. The summed E-state index contributed by atoms with van der Waals surface area (Å²) in [7, 11) is 1.52. The Kier molecular flexibility index (Phi) is 3.33. The van der Waals surface area contributed by atoms with Crippen LogP contribution in [0.4, 0.5) is 8.78 Å². The Morgan fingerprint density at radius 1 is 1.21 bits per heavy atom. The minimum atomic E-state index is -0.818. The molecule has 0 aliphatic heterocycles. The summed E-state index contributed by atoms with van der Waals surface area (Å²) in [6.45, 7) is 3.65. The van der Waals surface area contributed by atoms with E-state index in [2.05, 4.69) is 4.99 Å². The van der Waals surface area contributed by atoms with Crippen LogP contribution in [0.25, 0.3) is 0 Å². The van der Waals surface area contributed by atoms with Gasteiger partial charge in [-0.3, -0.25) is 4.99 Å². The largest absolute Gasteiger partial charge is 0.296 e. The van der Waals surface area contributed by atoms with Gasteiger partial charge in [0.2, 0.25) is 0 Å². The quantitative estimate of drug-likeness (QED) is 0.646. The van der Waals surface area contributed by atoms with E-state index < -0.39 is 11.6 Å². The summed E-state index contributed by atoms with van der Waals surface area (Å²) in [5, 5.41) is 0. The zero-order valence-corrected chi connectivity index (χ0v) is 8.51. The third-order valence-electron chi connectivity index (χ3n) is 2.03. The molecule has 1 aromatic rings. The smallest absolute Gasteiger partial charge is 0.167 e. The maximum Gasteiger partial charge on any atom is 0.167 e. The van der Waals surface area contributed by atoms with Crippen molar-refractivity contribution in [3.63, 3.8) is 0 Å². The van der Waals surface area contributed by atoms with Crippen molar-refractivity contribution in [1.29, 1.82) is 0 Å². The summed E-state index contributed by atoms with van der Waals surface area (Å²) in [5.41, 5.74) is 0.588. The zero-order chi connectivity index (χ0) is 10.7. The summed E-state index contributed by atoms with van der Waals surface area (Å²) in [6, 6.07) is 3.14. The Labute approximate surface area is 82.5 Å². The summed E-state index contributed by atoms with van der Waals surface area (Å²) < 4.78 is 26.7. The van der Waals surface area contributed by atoms with Gasteiger partial charge in [0.15, 0.2) is 11.6 Å². The van der Waals surface area contributed by atoms with Gasteiger partial charge >= 0.3 is 0 Å². The molecule has 14 heavy (non-hydrogen) atoms. The summed E-state index contributed by atoms with van der Waals surface area (Å²) in [5.74, 6) is -1.60. The third-order valence-corrected chi connectivity index (χ3v) is 2.03. The molecule has 0 aromatic heterocycles. The number of rotatable bonds is 2. The zero-order valence-electron chi connectivity index (χ0n) is 8.51. The average molecular weight is 197 g/mol. The van der Waals surface area contributed by atoms with Crippen LogP contribution in [0, 0.1) is 11.6 Å². The molecule has 0 heterocycles. The van der Waals surface area contributed by atoms with Gasteiger partial charge in [-0.1, -0.05) is 26.0 Å². The molecular formula is C11H13F2N. The average Bonchev–Trinajstić information content (AvgIpc) is 2.13. The number of hydrogen-bond donors (Lipinski definition) is 0. The molecule has 0 spiro atoms. The molecule has 0 N–H and O–H groups in total. The van der Waals surface area contributed by atoms with E-state index >= 15 is 0 Å². The lowest BCUT2D eigenvalue weighted by Gasteiger charge is -2.08. The van der Waals surface area contributed by atoms with Gasteiger partial charge in [0.05, 0.1) is 0 Å². The molecule has 0 aliphatic carbocycles. The minimum absolute atomic E-state index is 0.0166. The van der Waals surface area contributed by atoms with Gasteiger partial charge < -0.3 is 0 Å². The fourth-order valence-corrected chi connectivity index (χ4v) is 1.26. The molecule has 0 fully saturated rings. The lowest BCUT2D eigenvalue weighted by atomic mass is 10.0. The minimum Gasteiger partial charge on any atom is -0.296 e. The molecule has 0 atom stereocenters. The van der Waals surface area contributed by atoms with Crippen LogP contribution in [0.15, 0.2) is 17.1 Å².